The summed E-state index contributed by atoms with van der Waals surface area (Å²) in [5.41, 5.74) is 2.31. The Balaban J connectivity index is 2.93. The van der Waals surface area contributed by atoms with Gasteiger partial charge in [0, 0.05) is 16.7 Å². The third-order valence-corrected chi connectivity index (χ3v) is 1.83. The molecule has 0 atom stereocenters. The summed E-state index contributed by atoms with van der Waals surface area (Å²) in [6.45, 7) is 0. The molecule has 0 amide bonds. The van der Waals surface area contributed by atoms with Crippen LogP contribution >= 0.6 is 27.5 Å². The van der Waals surface area contributed by atoms with Gasteiger partial charge in [0.1, 0.15) is 0 Å². The quantitative estimate of drug-likeness (QED) is 0.622. The molecule has 60 valence electrons. The van der Waals surface area contributed by atoms with Gasteiger partial charge in [0.05, 0.1) is 7.11 Å². The lowest BCUT2D eigenvalue weighted by Crippen LogP contribution is -2.76. The van der Waals surface area contributed by atoms with E-state index in [0.29, 0.717) is 5.15 Å². The van der Waals surface area contributed by atoms with Gasteiger partial charge in [-0.15, -0.1) is 0 Å². The summed E-state index contributed by atoms with van der Waals surface area (Å²) >= 11 is 9.00. The molecule has 2 N–H and O–H groups in total. The van der Waals surface area contributed by atoms with Gasteiger partial charge in [-0.25, -0.2) is 9.82 Å². The summed E-state index contributed by atoms with van der Waals surface area (Å²) in [7, 11) is 1.57. The number of quaternary nitrogens is 1. The molecule has 0 saturated carbocycles. The number of hydrogen-bond donors (Lipinski definition) is 1. The van der Waals surface area contributed by atoms with Crippen LogP contribution in [0.2, 0.25) is 5.15 Å². The predicted octanol–water partition coefficient (Wildman–Crippen LogP) is 1.25. The Morgan fingerprint density at radius 2 is 2.45 bits per heavy atom. The lowest BCUT2D eigenvalue weighted by Gasteiger charge is -1.97. The van der Waals surface area contributed by atoms with E-state index in [1.165, 1.54) is 0 Å². The van der Waals surface area contributed by atoms with Crippen LogP contribution in [0.4, 0.5) is 5.69 Å². The number of aromatic nitrogens is 1. The van der Waals surface area contributed by atoms with Crippen molar-refractivity contribution in [3.8, 4) is 0 Å². The van der Waals surface area contributed by atoms with Crippen LogP contribution in [0, 0.1) is 0 Å². The van der Waals surface area contributed by atoms with Crippen molar-refractivity contribution in [3.63, 3.8) is 0 Å². The zero-order chi connectivity index (χ0) is 8.27. The first-order valence-corrected chi connectivity index (χ1v) is 4.08. The van der Waals surface area contributed by atoms with Crippen molar-refractivity contribution in [3.05, 3.63) is 21.9 Å². The average Bonchev–Trinajstić information content (AvgIpc) is 1.98. The fraction of sp³-hybridized carbons (Fsp3) is 0.167. The SMILES string of the molecule is CO[NH2+]c1cc(Br)cnc1Cl. The second-order valence-electron chi connectivity index (χ2n) is 1.89. The normalized spacial score (nSPS) is 10.1. The van der Waals surface area contributed by atoms with Crippen molar-refractivity contribution in [1.82, 2.24) is 4.98 Å². The molecule has 0 fully saturated rings. The largest absolute Gasteiger partial charge is 0.238 e. The highest BCUT2D eigenvalue weighted by molar-refractivity contribution is 9.10. The summed E-state index contributed by atoms with van der Waals surface area (Å²) in [5.74, 6) is 0. The van der Waals surface area contributed by atoms with Crippen molar-refractivity contribution in [2.75, 3.05) is 7.11 Å². The second kappa shape index (κ2) is 4.01. The molecule has 0 bridgehead atoms. The van der Waals surface area contributed by atoms with E-state index in [2.05, 4.69) is 20.9 Å². The highest BCUT2D eigenvalue weighted by Gasteiger charge is 2.05. The fourth-order valence-corrected chi connectivity index (χ4v) is 1.14. The number of pyridine rings is 1. The monoisotopic (exact) mass is 237 g/mol. The van der Waals surface area contributed by atoms with E-state index in [1.54, 1.807) is 18.8 Å². The molecule has 1 aromatic rings. The van der Waals surface area contributed by atoms with Crippen molar-refractivity contribution in [2.45, 2.75) is 0 Å². The molecule has 0 aliphatic carbocycles. The Bertz CT molecular complexity index is 256. The number of rotatable bonds is 2. The van der Waals surface area contributed by atoms with Crippen LogP contribution in [0.5, 0.6) is 0 Å². The van der Waals surface area contributed by atoms with Gasteiger partial charge in [0.15, 0.2) is 5.15 Å². The molecule has 0 aromatic carbocycles. The van der Waals surface area contributed by atoms with E-state index in [0.717, 1.165) is 10.2 Å². The maximum Gasteiger partial charge on any atom is 0.200 e. The lowest BCUT2D eigenvalue weighted by molar-refractivity contribution is -0.830. The van der Waals surface area contributed by atoms with Crippen LogP contribution < -0.4 is 5.48 Å². The predicted molar refractivity (Wildman–Crippen MR) is 45.5 cm³/mol. The highest BCUT2D eigenvalue weighted by atomic mass is 79.9. The maximum atomic E-state index is 5.73. The minimum atomic E-state index is 0.440. The zero-order valence-corrected chi connectivity index (χ0v) is 8.19. The first kappa shape index (κ1) is 8.93. The molecular formula is C6H7BrClN2O+. The van der Waals surface area contributed by atoms with E-state index in [1.807, 2.05) is 6.07 Å². The molecule has 1 rings (SSSR count). The Morgan fingerprint density at radius 1 is 1.73 bits per heavy atom. The Labute approximate surface area is 77.8 Å². The Kier molecular flexibility index (Phi) is 3.26. The number of nitrogens with zero attached hydrogens (tertiary/aromatic N) is 1. The second-order valence-corrected chi connectivity index (χ2v) is 3.16. The van der Waals surface area contributed by atoms with Gasteiger partial charge in [0.2, 0.25) is 5.69 Å². The third kappa shape index (κ3) is 2.41. The molecule has 1 aromatic heterocycles. The van der Waals surface area contributed by atoms with E-state index in [9.17, 15) is 0 Å². The van der Waals surface area contributed by atoms with Gasteiger partial charge in [-0.1, -0.05) is 11.6 Å². The van der Waals surface area contributed by atoms with Crippen molar-refractivity contribution in [1.29, 1.82) is 0 Å². The molecule has 11 heavy (non-hydrogen) atoms. The molecule has 0 spiro atoms. The standard InChI is InChI=1S/C6H6BrClN2O/c1-11-10-5-2-4(7)3-9-6(5)8/h2-3,10H,1H3/p+1. The molecule has 3 nitrogen and oxygen atoms in total. The lowest BCUT2D eigenvalue weighted by atomic mass is 10.4. The number of hydrogen-bond acceptors (Lipinski definition) is 2. The molecule has 5 heteroatoms. The third-order valence-electron chi connectivity index (χ3n) is 1.08. The van der Waals surface area contributed by atoms with Crippen molar-refractivity contribution in [2.24, 2.45) is 0 Å². The first-order valence-electron chi connectivity index (χ1n) is 2.91. The van der Waals surface area contributed by atoms with Crippen LogP contribution in [0.1, 0.15) is 0 Å². The number of nitrogens with two attached hydrogens (primary N) is 1. The smallest absolute Gasteiger partial charge is 0.200 e. The minimum Gasteiger partial charge on any atom is -0.238 e. The summed E-state index contributed by atoms with van der Waals surface area (Å²) in [6, 6.07) is 1.83. The zero-order valence-electron chi connectivity index (χ0n) is 5.84. The Morgan fingerprint density at radius 3 is 3.09 bits per heavy atom. The Hall–Kier alpha value is -0.160. The van der Waals surface area contributed by atoms with E-state index >= 15 is 0 Å². The topological polar surface area (TPSA) is 38.7 Å². The molecular weight excluding hydrogens is 231 g/mol. The fourth-order valence-electron chi connectivity index (χ4n) is 0.648. The molecule has 0 aliphatic rings. The summed E-state index contributed by atoms with van der Waals surface area (Å²) in [5, 5.41) is 0.440. The van der Waals surface area contributed by atoms with E-state index in [-0.39, 0.29) is 0 Å². The van der Waals surface area contributed by atoms with Crippen LogP contribution in [-0.4, -0.2) is 12.1 Å². The molecule has 0 aliphatic heterocycles. The van der Waals surface area contributed by atoms with Crippen LogP contribution in [-0.2, 0) is 4.84 Å². The van der Waals surface area contributed by atoms with Crippen molar-refractivity contribution >= 4 is 33.2 Å². The molecule has 0 saturated heterocycles. The summed E-state index contributed by atoms with van der Waals surface area (Å²) in [6.07, 6.45) is 1.63. The van der Waals surface area contributed by atoms with Crippen LogP contribution in [0.25, 0.3) is 0 Å². The van der Waals surface area contributed by atoms with Crippen LogP contribution in [0.15, 0.2) is 16.7 Å². The molecule has 1 heterocycles. The molecule has 0 radical (unpaired) electrons. The van der Waals surface area contributed by atoms with Gasteiger partial charge in [0.25, 0.3) is 0 Å². The maximum absolute atomic E-state index is 5.73. The van der Waals surface area contributed by atoms with E-state index in [4.69, 9.17) is 16.4 Å². The summed E-state index contributed by atoms with van der Waals surface area (Å²) in [4.78, 5) is 8.70. The van der Waals surface area contributed by atoms with Gasteiger partial charge < -0.3 is 0 Å². The van der Waals surface area contributed by atoms with E-state index < -0.39 is 0 Å². The average molecular weight is 238 g/mol. The minimum absolute atomic E-state index is 0.440. The van der Waals surface area contributed by atoms with Gasteiger partial charge >= 0.3 is 0 Å². The highest BCUT2D eigenvalue weighted by Crippen LogP contribution is 2.18. The van der Waals surface area contributed by atoms with Crippen LogP contribution in [0.3, 0.4) is 0 Å². The first-order chi connectivity index (χ1) is 5.24. The van der Waals surface area contributed by atoms with Gasteiger partial charge in [-0.05, 0) is 15.9 Å². The van der Waals surface area contributed by atoms with Gasteiger partial charge in [-0.3, -0.25) is 0 Å². The van der Waals surface area contributed by atoms with Crippen molar-refractivity contribution < 1.29 is 10.3 Å². The molecule has 0 unspecified atom stereocenters. The summed E-state index contributed by atoms with van der Waals surface area (Å²) < 4.78 is 0.880. The van der Waals surface area contributed by atoms with Gasteiger partial charge in [-0.2, -0.15) is 5.48 Å². The number of halogens is 2.